The van der Waals surface area contributed by atoms with Crippen LogP contribution in [0.15, 0.2) is 41.1 Å². The van der Waals surface area contributed by atoms with Gasteiger partial charge in [0.05, 0.1) is 5.56 Å². The van der Waals surface area contributed by atoms with E-state index >= 15 is 0 Å². The molecule has 1 heterocycles. The second-order valence-electron chi connectivity index (χ2n) is 4.40. The number of hydrogen-bond donors (Lipinski definition) is 0. The first-order valence-corrected chi connectivity index (χ1v) is 6.65. The topological polar surface area (TPSA) is 3.88 Å². The number of aromatic nitrogens is 1. The van der Waals surface area contributed by atoms with Crippen LogP contribution in [-0.4, -0.2) is 0 Å². The zero-order chi connectivity index (χ0) is 12.4. The minimum absolute atomic E-state index is 1.04. The summed E-state index contributed by atoms with van der Waals surface area (Å²) >= 11 is 3.72. The van der Waals surface area contributed by atoms with Crippen molar-refractivity contribution in [2.75, 3.05) is 0 Å². The van der Waals surface area contributed by atoms with E-state index in [1.807, 2.05) is 0 Å². The molecule has 1 aromatic carbocycles. The standard InChI is InChI=1S/C15H17BrN/c1-4-12-9-17(3)10-14(15(12)16)13-7-5-6-11(2)8-13/h5-10H,4H2,1-3H3/q+1. The Hall–Kier alpha value is -1.15. The van der Waals surface area contributed by atoms with Crippen molar-refractivity contribution in [3.05, 3.63) is 52.3 Å². The number of hydrogen-bond acceptors (Lipinski definition) is 0. The second kappa shape index (κ2) is 5.01. The molecule has 0 unspecified atom stereocenters. The van der Waals surface area contributed by atoms with Crippen LogP contribution < -0.4 is 4.57 Å². The van der Waals surface area contributed by atoms with Crippen molar-refractivity contribution in [1.29, 1.82) is 0 Å². The summed E-state index contributed by atoms with van der Waals surface area (Å²) in [7, 11) is 2.07. The largest absolute Gasteiger partial charge is 0.207 e. The van der Waals surface area contributed by atoms with Gasteiger partial charge in [-0.3, -0.25) is 0 Å². The molecule has 88 valence electrons. The SMILES string of the molecule is CCc1c[n+](C)cc(-c2cccc(C)c2)c1Br. The normalized spacial score (nSPS) is 10.6. The van der Waals surface area contributed by atoms with E-state index in [9.17, 15) is 0 Å². The molecule has 2 heteroatoms. The number of nitrogens with zero attached hydrogens (tertiary/aromatic N) is 1. The molecule has 17 heavy (non-hydrogen) atoms. The number of aryl methyl sites for hydroxylation is 3. The van der Waals surface area contributed by atoms with Gasteiger partial charge >= 0.3 is 0 Å². The van der Waals surface area contributed by atoms with Crippen molar-refractivity contribution in [1.82, 2.24) is 0 Å². The molecular formula is C15H17BrN+. The summed E-state index contributed by atoms with van der Waals surface area (Å²) in [5, 5.41) is 0. The molecular weight excluding hydrogens is 274 g/mol. The van der Waals surface area contributed by atoms with Gasteiger partial charge in [0.1, 0.15) is 7.05 Å². The fourth-order valence-corrected chi connectivity index (χ4v) is 2.75. The van der Waals surface area contributed by atoms with E-state index in [-0.39, 0.29) is 0 Å². The van der Waals surface area contributed by atoms with Gasteiger partial charge in [0.25, 0.3) is 0 Å². The molecule has 0 bridgehead atoms. The smallest absolute Gasteiger partial charge is 0.177 e. The summed E-state index contributed by atoms with van der Waals surface area (Å²) in [5.74, 6) is 0. The summed E-state index contributed by atoms with van der Waals surface area (Å²) in [6, 6.07) is 8.61. The highest BCUT2D eigenvalue weighted by atomic mass is 79.9. The van der Waals surface area contributed by atoms with E-state index in [2.05, 4.69) is 78.1 Å². The van der Waals surface area contributed by atoms with E-state index in [1.54, 1.807) is 0 Å². The molecule has 0 saturated carbocycles. The lowest BCUT2D eigenvalue weighted by Gasteiger charge is -2.07. The molecule has 0 aliphatic carbocycles. The fraction of sp³-hybridized carbons (Fsp3) is 0.267. The number of benzene rings is 1. The van der Waals surface area contributed by atoms with Crippen molar-refractivity contribution in [2.45, 2.75) is 20.3 Å². The van der Waals surface area contributed by atoms with E-state index in [4.69, 9.17) is 0 Å². The minimum atomic E-state index is 1.04. The van der Waals surface area contributed by atoms with Gasteiger partial charge in [0.2, 0.25) is 0 Å². The third-order valence-corrected chi connectivity index (χ3v) is 3.86. The Labute approximate surface area is 111 Å². The summed E-state index contributed by atoms with van der Waals surface area (Å²) < 4.78 is 3.34. The maximum Gasteiger partial charge on any atom is 0.177 e. The maximum absolute atomic E-state index is 3.72. The lowest BCUT2D eigenvalue weighted by atomic mass is 10.0. The molecule has 0 radical (unpaired) electrons. The van der Waals surface area contributed by atoms with Gasteiger partial charge in [-0.25, -0.2) is 4.57 Å². The van der Waals surface area contributed by atoms with Crippen LogP contribution in [0.4, 0.5) is 0 Å². The third-order valence-electron chi connectivity index (χ3n) is 2.92. The Bertz CT molecular complexity index is 547. The molecule has 0 amide bonds. The number of pyridine rings is 1. The predicted octanol–water partition coefficient (Wildman–Crippen LogP) is 3.81. The third kappa shape index (κ3) is 2.58. The summed E-state index contributed by atoms with van der Waals surface area (Å²) in [6.07, 6.45) is 5.37. The molecule has 0 aliphatic rings. The molecule has 0 fully saturated rings. The van der Waals surface area contributed by atoms with Crippen LogP contribution in [0.1, 0.15) is 18.1 Å². The molecule has 1 nitrogen and oxygen atoms in total. The highest BCUT2D eigenvalue weighted by Gasteiger charge is 2.12. The van der Waals surface area contributed by atoms with Gasteiger partial charge in [-0.05, 0) is 34.8 Å². The zero-order valence-electron chi connectivity index (χ0n) is 10.5. The van der Waals surface area contributed by atoms with Crippen LogP contribution in [0.25, 0.3) is 11.1 Å². The van der Waals surface area contributed by atoms with E-state index in [1.165, 1.54) is 26.7 Å². The molecule has 0 aliphatic heterocycles. The van der Waals surface area contributed by atoms with Crippen LogP contribution in [0.3, 0.4) is 0 Å². The average Bonchev–Trinajstić information content (AvgIpc) is 2.31. The van der Waals surface area contributed by atoms with Crippen molar-refractivity contribution in [2.24, 2.45) is 7.05 Å². The highest BCUT2D eigenvalue weighted by molar-refractivity contribution is 9.10. The Kier molecular flexibility index (Phi) is 3.63. The molecule has 1 aromatic heterocycles. The quantitative estimate of drug-likeness (QED) is 0.741. The fourth-order valence-electron chi connectivity index (χ4n) is 2.03. The van der Waals surface area contributed by atoms with Gasteiger partial charge < -0.3 is 0 Å². The summed E-state index contributed by atoms with van der Waals surface area (Å²) in [4.78, 5) is 0. The van der Waals surface area contributed by atoms with E-state index in [0.717, 1.165) is 6.42 Å². The van der Waals surface area contributed by atoms with Gasteiger partial charge in [-0.1, -0.05) is 36.8 Å². The van der Waals surface area contributed by atoms with Crippen LogP contribution in [0.5, 0.6) is 0 Å². The first-order chi connectivity index (χ1) is 8.11. The van der Waals surface area contributed by atoms with Crippen LogP contribution in [-0.2, 0) is 13.5 Å². The van der Waals surface area contributed by atoms with Crippen LogP contribution in [0, 0.1) is 6.92 Å². The lowest BCUT2D eigenvalue weighted by Crippen LogP contribution is -2.28. The summed E-state index contributed by atoms with van der Waals surface area (Å²) in [6.45, 7) is 4.31. The van der Waals surface area contributed by atoms with Gasteiger partial charge in [0.15, 0.2) is 12.4 Å². The molecule has 2 aromatic rings. The Balaban J connectivity index is 2.63. The van der Waals surface area contributed by atoms with Crippen molar-refractivity contribution in [3.8, 4) is 11.1 Å². The summed E-state index contributed by atoms with van der Waals surface area (Å²) in [5.41, 5.74) is 5.16. The minimum Gasteiger partial charge on any atom is -0.207 e. The lowest BCUT2D eigenvalue weighted by molar-refractivity contribution is -0.671. The second-order valence-corrected chi connectivity index (χ2v) is 5.19. The van der Waals surface area contributed by atoms with E-state index in [0.29, 0.717) is 0 Å². The Morgan fingerprint density at radius 1 is 1.24 bits per heavy atom. The first kappa shape index (κ1) is 12.3. The van der Waals surface area contributed by atoms with Crippen LogP contribution in [0.2, 0.25) is 0 Å². The number of rotatable bonds is 2. The Morgan fingerprint density at radius 2 is 2.00 bits per heavy atom. The molecule has 0 spiro atoms. The predicted molar refractivity (Wildman–Crippen MR) is 74.9 cm³/mol. The van der Waals surface area contributed by atoms with E-state index < -0.39 is 0 Å². The zero-order valence-corrected chi connectivity index (χ0v) is 12.1. The highest BCUT2D eigenvalue weighted by Crippen LogP contribution is 2.30. The Morgan fingerprint density at radius 3 is 2.65 bits per heavy atom. The maximum atomic E-state index is 3.72. The van der Waals surface area contributed by atoms with Crippen molar-refractivity contribution in [3.63, 3.8) is 0 Å². The molecule has 0 atom stereocenters. The molecule has 2 rings (SSSR count). The monoisotopic (exact) mass is 290 g/mol. The van der Waals surface area contributed by atoms with Crippen LogP contribution >= 0.6 is 15.9 Å². The molecule has 0 saturated heterocycles. The van der Waals surface area contributed by atoms with Gasteiger partial charge in [-0.2, -0.15) is 0 Å². The van der Waals surface area contributed by atoms with Crippen molar-refractivity contribution >= 4 is 15.9 Å². The average molecular weight is 291 g/mol. The van der Waals surface area contributed by atoms with Gasteiger partial charge in [-0.15, -0.1) is 0 Å². The van der Waals surface area contributed by atoms with Gasteiger partial charge in [0, 0.05) is 10.0 Å². The first-order valence-electron chi connectivity index (χ1n) is 5.86. The number of halogens is 1. The van der Waals surface area contributed by atoms with Crippen molar-refractivity contribution < 1.29 is 4.57 Å². The molecule has 0 N–H and O–H groups in total.